The van der Waals surface area contributed by atoms with Gasteiger partial charge in [0.05, 0.1) is 6.61 Å². The molecule has 0 rings (SSSR count). The Morgan fingerprint density at radius 2 is 2.29 bits per heavy atom. The number of aliphatic carboxylic acids is 1. The van der Waals surface area contributed by atoms with Crippen molar-refractivity contribution in [1.82, 2.24) is 10.2 Å². The van der Waals surface area contributed by atoms with Gasteiger partial charge >= 0.3 is 5.97 Å². The molecule has 0 aromatic heterocycles. The van der Waals surface area contributed by atoms with Crippen LogP contribution in [0.3, 0.4) is 0 Å². The summed E-state index contributed by atoms with van der Waals surface area (Å²) >= 11 is 0. The van der Waals surface area contributed by atoms with Gasteiger partial charge in [0, 0.05) is 39.0 Å². The average molecular weight is 202 g/mol. The predicted molar refractivity (Wildman–Crippen MR) is 54.2 cm³/mol. The van der Waals surface area contributed by atoms with Crippen molar-refractivity contribution in [3.05, 3.63) is 12.3 Å². The minimum absolute atomic E-state index is 0.710. The fourth-order valence-corrected chi connectivity index (χ4v) is 0.828. The highest BCUT2D eigenvalue weighted by molar-refractivity contribution is 5.79. The molecule has 0 fully saturated rings. The number of likely N-dealkylation sites (N-methyl/N-ethyl adjacent to an activating group) is 1. The lowest BCUT2D eigenvalue weighted by molar-refractivity contribution is -0.131. The van der Waals surface area contributed by atoms with Crippen LogP contribution < -0.4 is 5.32 Å². The number of hydrogen-bond donors (Lipinski definition) is 2. The molecule has 82 valence electrons. The molecule has 0 aliphatic carbocycles. The van der Waals surface area contributed by atoms with Crippen LogP contribution in [0.2, 0.25) is 0 Å². The number of carbonyl (C=O) groups is 1. The minimum Gasteiger partial charge on any atom is -0.478 e. The molecule has 0 spiro atoms. The Labute approximate surface area is 84.3 Å². The largest absolute Gasteiger partial charge is 0.478 e. The summed E-state index contributed by atoms with van der Waals surface area (Å²) in [5, 5.41) is 11.2. The Hall–Kier alpha value is -1.07. The first-order chi connectivity index (χ1) is 6.66. The second-order valence-electron chi connectivity index (χ2n) is 2.92. The van der Waals surface area contributed by atoms with Gasteiger partial charge in [-0.3, -0.25) is 0 Å². The minimum atomic E-state index is -0.940. The Bertz CT molecular complexity index is 183. The van der Waals surface area contributed by atoms with Gasteiger partial charge in [-0.1, -0.05) is 0 Å². The lowest BCUT2D eigenvalue weighted by atomic mass is 10.5. The number of carboxylic acid groups (broad SMARTS) is 1. The molecular weight excluding hydrogens is 184 g/mol. The van der Waals surface area contributed by atoms with Crippen molar-refractivity contribution in [3.8, 4) is 0 Å². The molecule has 2 N–H and O–H groups in total. The first-order valence-electron chi connectivity index (χ1n) is 4.47. The van der Waals surface area contributed by atoms with Gasteiger partial charge < -0.3 is 20.1 Å². The zero-order valence-electron chi connectivity index (χ0n) is 8.69. The van der Waals surface area contributed by atoms with E-state index in [0.717, 1.165) is 25.7 Å². The number of ether oxygens (including phenoxy) is 1. The van der Waals surface area contributed by atoms with Crippen molar-refractivity contribution in [3.63, 3.8) is 0 Å². The molecule has 0 bridgehead atoms. The van der Waals surface area contributed by atoms with E-state index >= 15 is 0 Å². The van der Waals surface area contributed by atoms with Crippen LogP contribution in [0.5, 0.6) is 0 Å². The zero-order valence-corrected chi connectivity index (χ0v) is 8.69. The van der Waals surface area contributed by atoms with Crippen LogP contribution in [0, 0.1) is 0 Å². The summed E-state index contributed by atoms with van der Waals surface area (Å²) in [6, 6.07) is 0. The quantitative estimate of drug-likeness (QED) is 0.420. The highest BCUT2D eigenvalue weighted by Gasteiger charge is 1.95. The number of methoxy groups -OCH3 is 1. The van der Waals surface area contributed by atoms with E-state index in [2.05, 4.69) is 10.2 Å². The summed E-state index contributed by atoms with van der Waals surface area (Å²) in [7, 11) is 3.66. The molecule has 0 aromatic carbocycles. The normalized spacial score (nSPS) is 11.1. The highest BCUT2D eigenvalue weighted by Crippen LogP contribution is 1.80. The smallest absolute Gasteiger partial charge is 0.329 e. The molecule has 0 atom stereocenters. The number of rotatable bonds is 8. The summed E-state index contributed by atoms with van der Waals surface area (Å²) in [4.78, 5) is 12.2. The van der Waals surface area contributed by atoms with E-state index in [4.69, 9.17) is 9.84 Å². The lowest BCUT2D eigenvalue weighted by Gasteiger charge is -2.15. The lowest BCUT2D eigenvalue weighted by Crippen LogP contribution is -2.29. The van der Waals surface area contributed by atoms with Crippen molar-refractivity contribution in [2.24, 2.45) is 0 Å². The van der Waals surface area contributed by atoms with Crippen molar-refractivity contribution in [2.75, 3.05) is 40.4 Å². The van der Waals surface area contributed by atoms with Crippen molar-refractivity contribution in [2.45, 2.75) is 0 Å². The van der Waals surface area contributed by atoms with Crippen LogP contribution in [0.4, 0.5) is 0 Å². The molecule has 14 heavy (non-hydrogen) atoms. The van der Waals surface area contributed by atoms with Crippen LogP contribution in [-0.2, 0) is 9.53 Å². The van der Waals surface area contributed by atoms with Gasteiger partial charge in [0.1, 0.15) is 0 Å². The third-order valence-corrected chi connectivity index (χ3v) is 1.66. The second kappa shape index (κ2) is 8.52. The molecular formula is C9H18N2O3. The number of nitrogens with zero attached hydrogens (tertiary/aromatic N) is 1. The molecule has 5 heteroatoms. The standard InChI is InChI=1S/C9H18N2O3/c1-11(7-8-14-2)6-5-10-4-3-9(12)13/h3-4,10H,5-8H2,1-2H3,(H,12,13)/b4-3+. The first kappa shape index (κ1) is 12.9. The van der Waals surface area contributed by atoms with Crippen molar-refractivity contribution in [1.29, 1.82) is 0 Å². The third-order valence-electron chi connectivity index (χ3n) is 1.66. The SMILES string of the molecule is COCCN(C)CCN/C=C/C(=O)O. The molecule has 0 saturated carbocycles. The summed E-state index contributed by atoms with van der Waals surface area (Å²) in [5.74, 6) is -0.940. The first-order valence-corrected chi connectivity index (χ1v) is 4.47. The number of nitrogens with one attached hydrogen (secondary N) is 1. The average Bonchev–Trinajstić information content (AvgIpc) is 2.13. The van der Waals surface area contributed by atoms with E-state index in [-0.39, 0.29) is 0 Å². The Kier molecular flexibility index (Phi) is 7.87. The van der Waals surface area contributed by atoms with Gasteiger partial charge in [-0.15, -0.1) is 0 Å². The molecule has 0 aliphatic rings. The molecule has 0 heterocycles. The summed E-state index contributed by atoms with van der Waals surface area (Å²) in [6.45, 7) is 3.17. The van der Waals surface area contributed by atoms with E-state index in [1.807, 2.05) is 7.05 Å². The van der Waals surface area contributed by atoms with Crippen LogP contribution in [0.15, 0.2) is 12.3 Å². The van der Waals surface area contributed by atoms with Gasteiger partial charge in [-0.05, 0) is 7.05 Å². The third kappa shape index (κ3) is 9.02. The highest BCUT2D eigenvalue weighted by atomic mass is 16.5. The summed E-state index contributed by atoms with van der Waals surface area (Å²) in [6.07, 6.45) is 2.52. The fraction of sp³-hybridized carbons (Fsp3) is 0.667. The maximum absolute atomic E-state index is 10.1. The van der Waals surface area contributed by atoms with E-state index in [0.29, 0.717) is 6.61 Å². The van der Waals surface area contributed by atoms with Gasteiger partial charge in [-0.2, -0.15) is 0 Å². The molecule has 0 saturated heterocycles. The van der Waals surface area contributed by atoms with Crippen LogP contribution >= 0.6 is 0 Å². The van der Waals surface area contributed by atoms with E-state index in [9.17, 15) is 4.79 Å². The summed E-state index contributed by atoms with van der Waals surface area (Å²) < 4.78 is 4.92. The predicted octanol–water partition coefficient (Wildman–Crippen LogP) is -0.247. The maximum atomic E-state index is 10.1. The van der Waals surface area contributed by atoms with Crippen molar-refractivity contribution >= 4 is 5.97 Å². The topological polar surface area (TPSA) is 61.8 Å². The van der Waals surface area contributed by atoms with Gasteiger partial charge in [0.15, 0.2) is 0 Å². The van der Waals surface area contributed by atoms with Crippen LogP contribution in [-0.4, -0.2) is 56.4 Å². The van der Waals surface area contributed by atoms with Gasteiger partial charge in [0.25, 0.3) is 0 Å². The number of carboxylic acids is 1. The maximum Gasteiger partial charge on any atom is 0.329 e. The monoisotopic (exact) mass is 202 g/mol. The second-order valence-corrected chi connectivity index (χ2v) is 2.92. The molecule has 0 radical (unpaired) electrons. The Morgan fingerprint density at radius 3 is 2.86 bits per heavy atom. The van der Waals surface area contributed by atoms with Gasteiger partial charge in [-0.25, -0.2) is 4.79 Å². The van der Waals surface area contributed by atoms with Crippen molar-refractivity contribution < 1.29 is 14.6 Å². The van der Waals surface area contributed by atoms with Crippen LogP contribution in [0.1, 0.15) is 0 Å². The Morgan fingerprint density at radius 1 is 1.57 bits per heavy atom. The summed E-state index contributed by atoms with van der Waals surface area (Å²) in [5.41, 5.74) is 0. The van der Waals surface area contributed by atoms with E-state index in [1.165, 1.54) is 6.20 Å². The van der Waals surface area contributed by atoms with E-state index in [1.54, 1.807) is 7.11 Å². The fourth-order valence-electron chi connectivity index (χ4n) is 0.828. The van der Waals surface area contributed by atoms with Crippen LogP contribution in [0.25, 0.3) is 0 Å². The molecule has 0 unspecified atom stereocenters. The molecule has 5 nitrogen and oxygen atoms in total. The zero-order chi connectivity index (χ0) is 10.8. The number of hydrogen-bond acceptors (Lipinski definition) is 4. The van der Waals surface area contributed by atoms with E-state index < -0.39 is 5.97 Å². The molecule has 0 aliphatic heterocycles. The molecule has 0 amide bonds. The van der Waals surface area contributed by atoms with Gasteiger partial charge in [0.2, 0.25) is 0 Å². The Balaban J connectivity index is 3.30. The molecule has 0 aromatic rings.